The third kappa shape index (κ3) is 5.42. The van der Waals surface area contributed by atoms with Gasteiger partial charge in [0, 0.05) is 10.0 Å². The van der Waals surface area contributed by atoms with Crippen LogP contribution in [0, 0.1) is 0 Å². The first-order chi connectivity index (χ1) is 18.3. The molecule has 1 atom stereocenters. The molecule has 0 fully saturated rings. The van der Waals surface area contributed by atoms with Gasteiger partial charge in [-0.1, -0.05) is 46.7 Å². The van der Waals surface area contributed by atoms with Crippen LogP contribution >= 0.6 is 27.3 Å². The molecule has 0 bridgehead atoms. The van der Waals surface area contributed by atoms with Gasteiger partial charge in [0.15, 0.2) is 16.3 Å². The number of carbonyl (C=O) groups is 1. The van der Waals surface area contributed by atoms with Gasteiger partial charge < -0.3 is 19.3 Å². The molecular formula is C28H29BrN2O6S. The number of aromatic nitrogens is 1. The number of halogens is 1. The lowest BCUT2D eigenvalue weighted by Crippen LogP contribution is -2.40. The summed E-state index contributed by atoms with van der Waals surface area (Å²) >= 11 is 4.76. The summed E-state index contributed by atoms with van der Waals surface area (Å²) in [6, 6.07) is 9.61. The highest BCUT2D eigenvalue weighted by Crippen LogP contribution is 2.38. The Hall–Kier alpha value is -3.37. The minimum atomic E-state index is -0.791. The molecule has 200 valence electrons. The lowest BCUT2D eigenvalue weighted by molar-refractivity contribution is -0.139. The number of benzene rings is 2. The zero-order valence-corrected chi connectivity index (χ0v) is 24.0. The van der Waals surface area contributed by atoms with Crippen molar-refractivity contribution < 1.29 is 24.1 Å². The van der Waals surface area contributed by atoms with Gasteiger partial charge in [-0.25, -0.2) is 9.79 Å². The van der Waals surface area contributed by atoms with E-state index in [1.165, 1.54) is 22.0 Å². The minimum absolute atomic E-state index is 0.0236. The molecule has 1 aliphatic heterocycles. The van der Waals surface area contributed by atoms with Crippen LogP contribution in [0.15, 0.2) is 61.9 Å². The Labute approximate surface area is 232 Å². The Balaban J connectivity index is 2.01. The van der Waals surface area contributed by atoms with Gasteiger partial charge in [0.2, 0.25) is 0 Å². The van der Waals surface area contributed by atoms with Crippen LogP contribution in [-0.4, -0.2) is 36.0 Å². The molecule has 10 heteroatoms. The minimum Gasteiger partial charge on any atom is -0.504 e. The average molecular weight is 602 g/mol. The van der Waals surface area contributed by atoms with Crippen molar-refractivity contribution in [1.82, 2.24) is 4.57 Å². The fraction of sp³-hybridized carbons (Fsp3) is 0.321. The molecule has 0 saturated carbocycles. The summed E-state index contributed by atoms with van der Waals surface area (Å²) < 4.78 is 19.4. The van der Waals surface area contributed by atoms with Crippen molar-refractivity contribution in [2.45, 2.75) is 39.7 Å². The van der Waals surface area contributed by atoms with Crippen molar-refractivity contribution in [2.24, 2.45) is 4.99 Å². The van der Waals surface area contributed by atoms with E-state index in [9.17, 15) is 14.7 Å². The van der Waals surface area contributed by atoms with E-state index in [-0.39, 0.29) is 17.9 Å². The van der Waals surface area contributed by atoms with E-state index >= 15 is 0 Å². The summed E-state index contributed by atoms with van der Waals surface area (Å²) in [5.41, 5.74) is 1.95. The van der Waals surface area contributed by atoms with E-state index < -0.39 is 12.0 Å². The Kier molecular flexibility index (Phi) is 8.73. The van der Waals surface area contributed by atoms with Gasteiger partial charge in [-0.2, -0.15) is 0 Å². The Morgan fingerprint density at radius 3 is 2.63 bits per heavy atom. The van der Waals surface area contributed by atoms with E-state index in [0.29, 0.717) is 56.3 Å². The molecule has 0 unspecified atom stereocenters. The van der Waals surface area contributed by atoms with Crippen molar-refractivity contribution in [1.29, 1.82) is 0 Å². The second-order valence-corrected chi connectivity index (χ2v) is 10.4. The van der Waals surface area contributed by atoms with Crippen molar-refractivity contribution in [3.05, 3.63) is 83.0 Å². The zero-order valence-electron chi connectivity index (χ0n) is 21.6. The predicted octanol–water partition coefficient (Wildman–Crippen LogP) is 4.45. The number of phenols is 1. The van der Waals surface area contributed by atoms with Gasteiger partial charge in [-0.15, -0.1) is 0 Å². The van der Waals surface area contributed by atoms with Crippen LogP contribution in [0.2, 0.25) is 0 Å². The molecule has 3 aromatic rings. The number of esters is 1. The van der Waals surface area contributed by atoms with Crippen LogP contribution in [0.4, 0.5) is 0 Å². The van der Waals surface area contributed by atoms with Gasteiger partial charge in [-0.3, -0.25) is 9.36 Å². The quantitative estimate of drug-likeness (QED) is 0.364. The lowest BCUT2D eigenvalue weighted by atomic mass is 9.93. The third-order valence-electron chi connectivity index (χ3n) is 5.96. The van der Waals surface area contributed by atoms with E-state index in [2.05, 4.69) is 15.9 Å². The number of hydrogen-bond donors (Lipinski definition) is 1. The maximum Gasteiger partial charge on any atom is 0.338 e. The van der Waals surface area contributed by atoms with Gasteiger partial charge in [0.05, 0.1) is 36.1 Å². The molecule has 1 N–H and O–H groups in total. The second-order valence-electron chi connectivity index (χ2n) is 8.46. The van der Waals surface area contributed by atoms with E-state index in [0.717, 1.165) is 10.9 Å². The van der Waals surface area contributed by atoms with E-state index in [4.69, 9.17) is 19.2 Å². The van der Waals surface area contributed by atoms with Crippen LogP contribution in [0.1, 0.15) is 50.8 Å². The monoisotopic (exact) mass is 600 g/mol. The highest BCUT2D eigenvalue weighted by molar-refractivity contribution is 9.10. The summed E-state index contributed by atoms with van der Waals surface area (Å²) in [6.07, 6.45) is 3.03. The summed E-state index contributed by atoms with van der Waals surface area (Å²) in [6.45, 7) is 6.17. The van der Waals surface area contributed by atoms with E-state index in [1.54, 1.807) is 38.3 Å². The lowest BCUT2D eigenvalue weighted by Gasteiger charge is -2.27. The Morgan fingerprint density at radius 2 is 1.95 bits per heavy atom. The molecule has 0 radical (unpaired) electrons. The molecule has 0 aliphatic carbocycles. The number of methoxy groups -OCH3 is 1. The topological polar surface area (TPSA) is 99.4 Å². The molecule has 0 spiro atoms. The van der Waals surface area contributed by atoms with Crippen LogP contribution in [-0.2, 0) is 9.53 Å². The maximum atomic E-state index is 13.9. The number of nitrogens with zero attached hydrogens (tertiary/aromatic N) is 2. The molecule has 8 nitrogen and oxygen atoms in total. The number of allylic oxidation sites excluding steroid dienone is 1. The molecule has 1 aromatic heterocycles. The average Bonchev–Trinajstić information content (AvgIpc) is 3.20. The summed E-state index contributed by atoms with van der Waals surface area (Å²) in [4.78, 5) is 32.5. The van der Waals surface area contributed by atoms with Crippen molar-refractivity contribution in [2.75, 3.05) is 20.3 Å². The van der Waals surface area contributed by atoms with Crippen LogP contribution in [0.3, 0.4) is 0 Å². The normalized spacial score (nSPS) is 15.2. The first-order valence-electron chi connectivity index (χ1n) is 12.3. The van der Waals surface area contributed by atoms with Crippen molar-refractivity contribution in [3.8, 4) is 17.2 Å². The second kappa shape index (κ2) is 12.0. The van der Waals surface area contributed by atoms with Crippen LogP contribution in [0.25, 0.3) is 6.08 Å². The first kappa shape index (κ1) is 27.7. The largest absolute Gasteiger partial charge is 0.504 e. The predicted molar refractivity (Wildman–Crippen MR) is 150 cm³/mol. The highest BCUT2D eigenvalue weighted by Gasteiger charge is 2.36. The zero-order chi connectivity index (χ0) is 27.4. The van der Waals surface area contributed by atoms with Gasteiger partial charge >= 0.3 is 5.97 Å². The van der Waals surface area contributed by atoms with Gasteiger partial charge in [0.25, 0.3) is 5.56 Å². The molecule has 2 aromatic carbocycles. The first-order valence-corrected chi connectivity index (χ1v) is 13.9. The number of phenolic OH excluding ortho intramolecular Hbond substituents is 1. The molecular weight excluding hydrogens is 572 g/mol. The van der Waals surface area contributed by atoms with Crippen molar-refractivity contribution >= 4 is 39.3 Å². The standard InChI is InChI=1S/C28H29BrN2O6S/c1-5-8-19-24(27(34)37-7-3)25(18-15-17(29)10-12-21(18)35-4)31-26(33)23(38-28(31)30-19)14-16-9-11-20(32)22(13-16)36-6-2/h9-15,25,32H,5-8H2,1-4H3/b23-14+/t25-/m1/s1. The smallest absolute Gasteiger partial charge is 0.338 e. The molecule has 0 saturated heterocycles. The highest BCUT2D eigenvalue weighted by atomic mass is 79.9. The molecule has 1 aliphatic rings. The summed E-state index contributed by atoms with van der Waals surface area (Å²) in [5.74, 6) is 0.379. The number of carbonyl (C=O) groups excluding carboxylic acids is 1. The molecule has 2 heterocycles. The fourth-order valence-corrected chi connectivity index (χ4v) is 5.78. The van der Waals surface area contributed by atoms with Crippen LogP contribution in [0.5, 0.6) is 17.2 Å². The number of hydrogen-bond acceptors (Lipinski definition) is 8. The summed E-state index contributed by atoms with van der Waals surface area (Å²) in [5, 5.41) is 10.1. The Morgan fingerprint density at radius 1 is 1.16 bits per heavy atom. The van der Waals surface area contributed by atoms with Crippen molar-refractivity contribution in [3.63, 3.8) is 0 Å². The maximum absolute atomic E-state index is 13.9. The molecule has 38 heavy (non-hydrogen) atoms. The number of fused-ring (bicyclic) bond motifs is 1. The van der Waals surface area contributed by atoms with Gasteiger partial charge in [0.1, 0.15) is 11.8 Å². The number of ether oxygens (including phenoxy) is 3. The fourth-order valence-electron chi connectivity index (χ4n) is 4.38. The van der Waals surface area contributed by atoms with Gasteiger partial charge in [-0.05, 0) is 62.2 Å². The Bertz CT molecular complexity index is 1570. The number of aromatic hydroxyl groups is 1. The molecule has 4 rings (SSSR count). The summed E-state index contributed by atoms with van der Waals surface area (Å²) in [7, 11) is 1.55. The molecule has 0 amide bonds. The van der Waals surface area contributed by atoms with E-state index in [1.807, 2.05) is 26.0 Å². The SMILES string of the molecule is CCCC1=C(C(=O)OCC)[C@@H](c2cc(Br)ccc2OC)n2c(s/c(=C/c3ccc(O)c(OCC)c3)c2=O)=N1. The third-order valence-corrected chi connectivity index (χ3v) is 7.44. The van der Waals surface area contributed by atoms with Crippen LogP contribution < -0.4 is 24.4 Å². The number of rotatable bonds is 9. The number of thiazole rings is 1.